The predicted octanol–water partition coefficient (Wildman–Crippen LogP) is 2.66. The standard InChI is InChI=1S/C20H28O5/c1-12-10-14(21)16-18(2,3)7-5-8-19(16,4)20(12,24)9-6-13-11-15(22)25-17(13)23/h10-11,16-17,23-24H,5-9H2,1-4H3/t16-,17+,19-,20+/m1/s1. The summed E-state index contributed by atoms with van der Waals surface area (Å²) >= 11 is 0. The second kappa shape index (κ2) is 5.78. The van der Waals surface area contributed by atoms with Gasteiger partial charge in [0.05, 0.1) is 5.60 Å². The molecule has 138 valence electrons. The molecule has 1 heterocycles. The topological polar surface area (TPSA) is 83.8 Å². The first-order valence-corrected chi connectivity index (χ1v) is 9.05. The largest absolute Gasteiger partial charge is 0.429 e. The molecule has 3 rings (SSSR count). The van der Waals surface area contributed by atoms with E-state index in [0.717, 1.165) is 19.3 Å². The number of carbonyl (C=O) groups is 2. The van der Waals surface area contributed by atoms with Crippen LogP contribution in [0.2, 0.25) is 0 Å². The average Bonchev–Trinajstić information content (AvgIpc) is 2.80. The molecule has 0 aromatic carbocycles. The Morgan fingerprint density at radius 3 is 2.48 bits per heavy atom. The number of ether oxygens (including phenoxy) is 1. The molecule has 5 nitrogen and oxygen atoms in total. The minimum absolute atomic E-state index is 0.105. The van der Waals surface area contributed by atoms with E-state index >= 15 is 0 Å². The van der Waals surface area contributed by atoms with Gasteiger partial charge in [-0.1, -0.05) is 27.2 Å². The first-order chi connectivity index (χ1) is 11.5. The minimum atomic E-state index is -1.22. The first-order valence-electron chi connectivity index (χ1n) is 9.05. The Balaban J connectivity index is 1.95. The van der Waals surface area contributed by atoms with Crippen molar-refractivity contribution in [2.45, 2.75) is 71.7 Å². The lowest BCUT2D eigenvalue weighted by Crippen LogP contribution is -2.61. The van der Waals surface area contributed by atoms with Crippen LogP contribution < -0.4 is 0 Å². The number of aliphatic hydroxyl groups is 2. The molecule has 1 saturated carbocycles. The Morgan fingerprint density at radius 2 is 1.88 bits per heavy atom. The molecule has 4 atom stereocenters. The van der Waals surface area contributed by atoms with E-state index in [2.05, 4.69) is 13.8 Å². The lowest BCUT2D eigenvalue weighted by molar-refractivity contribution is -0.164. The van der Waals surface area contributed by atoms with E-state index in [1.807, 2.05) is 13.8 Å². The molecule has 0 spiro atoms. The number of allylic oxidation sites excluding steroid dienone is 1. The molecule has 1 aliphatic heterocycles. The lowest BCUT2D eigenvalue weighted by Gasteiger charge is -2.59. The van der Waals surface area contributed by atoms with E-state index in [1.54, 1.807) is 6.08 Å². The number of esters is 1. The number of rotatable bonds is 3. The van der Waals surface area contributed by atoms with Crippen molar-refractivity contribution in [2.75, 3.05) is 0 Å². The third-order valence-electron chi connectivity index (χ3n) is 6.80. The monoisotopic (exact) mass is 348 g/mol. The number of fused-ring (bicyclic) bond motifs is 1. The van der Waals surface area contributed by atoms with Crippen molar-refractivity contribution < 1.29 is 24.5 Å². The van der Waals surface area contributed by atoms with E-state index in [4.69, 9.17) is 4.74 Å². The van der Waals surface area contributed by atoms with Gasteiger partial charge in [-0.05, 0) is 49.7 Å². The molecular weight excluding hydrogens is 320 g/mol. The number of carbonyl (C=O) groups excluding carboxylic acids is 2. The van der Waals surface area contributed by atoms with E-state index in [9.17, 15) is 19.8 Å². The van der Waals surface area contributed by atoms with Crippen LogP contribution in [0, 0.1) is 16.7 Å². The predicted molar refractivity (Wildman–Crippen MR) is 92.4 cm³/mol. The molecule has 5 heteroatoms. The van der Waals surface area contributed by atoms with Gasteiger partial charge in [-0.15, -0.1) is 0 Å². The van der Waals surface area contributed by atoms with Crippen molar-refractivity contribution in [2.24, 2.45) is 16.7 Å². The molecule has 0 aromatic rings. The Bertz CT molecular complexity index is 674. The zero-order valence-electron chi connectivity index (χ0n) is 15.5. The number of hydrogen-bond acceptors (Lipinski definition) is 5. The molecular formula is C20H28O5. The number of hydrogen-bond donors (Lipinski definition) is 2. The highest BCUT2D eigenvalue weighted by Gasteiger charge is 2.61. The van der Waals surface area contributed by atoms with E-state index < -0.39 is 23.3 Å². The van der Waals surface area contributed by atoms with Crippen LogP contribution in [0.5, 0.6) is 0 Å². The van der Waals surface area contributed by atoms with E-state index in [1.165, 1.54) is 6.08 Å². The van der Waals surface area contributed by atoms with E-state index in [-0.39, 0.29) is 17.1 Å². The highest BCUT2D eigenvalue weighted by molar-refractivity contribution is 5.95. The fraction of sp³-hybridized carbons (Fsp3) is 0.700. The maximum Gasteiger partial charge on any atom is 0.333 e. The fourth-order valence-electron chi connectivity index (χ4n) is 5.52. The molecule has 25 heavy (non-hydrogen) atoms. The van der Waals surface area contributed by atoms with Gasteiger partial charge in [0, 0.05) is 23.0 Å². The van der Waals surface area contributed by atoms with Crippen LogP contribution in [0.15, 0.2) is 23.3 Å². The van der Waals surface area contributed by atoms with Crippen LogP contribution in [0.3, 0.4) is 0 Å². The quantitative estimate of drug-likeness (QED) is 0.766. The number of cyclic esters (lactones) is 1. The zero-order valence-corrected chi connectivity index (χ0v) is 15.5. The summed E-state index contributed by atoms with van der Waals surface area (Å²) in [5.41, 5.74) is -0.706. The lowest BCUT2D eigenvalue weighted by atomic mass is 9.46. The van der Waals surface area contributed by atoms with Crippen LogP contribution in [-0.2, 0) is 14.3 Å². The molecule has 0 saturated heterocycles. The summed E-state index contributed by atoms with van der Waals surface area (Å²) in [5, 5.41) is 21.5. The molecule has 0 unspecified atom stereocenters. The third kappa shape index (κ3) is 2.68. The van der Waals surface area contributed by atoms with Gasteiger partial charge in [0.1, 0.15) is 0 Å². The van der Waals surface area contributed by atoms with E-state index in [0.29, 0.717) is 24.0 Å². The molecule has 0 amide bonds. The average molecular weight is 348 g/mol. The highest BCUT2D eigenvalue weighted by Crippen LogP contribution is 2.61. The maximum absolute atomic E-state index is 12.8. The van der Waals surface area contributed by atoms with Crippen LogP contribution >= 0.6 is 0 Å². The molecule has 0 aromatic heterocycles. The summed E-state index contributed by atoms with van der Waals surface area (Å²) in [5.74, 6) is -0.681. The Hall–Kier alpha value is -1.46. The zero-order chi connectivity index (χ0) is 18.6. The van der Waals surface area contributed by atoms with Crippen molar-refractivity contribution in [3.8, 4) is 0 Å². The summed E-state index contributed by atoms with van der Waals surface area (Å²) in [4.78, 5) is 24.1. The second-order valence-corrected chi connectivity index (χ2v) is 8.79. The Kier molecular flexibility index (Phi) is 4.24. The Morgan fingerprint density at radius 1 is 1.20 bits per heavy atom. The second-order valence-electron chi connectivity index (χ2n) is 8.79. The maximum atomic E-state index is 12.8. The van der Waals surface area contributed by atoms with Crippen LogP contribution in [-0.4, -0.2) is 33.9 Å². The molecule has 0 bridgehead atoms. The Labute approximate surface area is 148 Å². The normalized spacial score (nSPS) is 40.2. The number of ketones is 1. The van der Waals surface area contributed by atoms with Crippen LogP contribution in [0.25, 0.3) is 0 Å². The summed E-state index contributed by atoms with van der Waals surface area (Å²) in [6, 6.07) is 0. The van der Waals surface area contributed by atoms with Crippen molar-refractivity contribution >= 4 is 11.8 Å². The van der Waals surface area contributed by atoms with Gasteiger partial charge in [0.2, 0.25) is 6.29 Å². The van der Waals surface area contributed by atoms with Gasteiger partial charge < -0.3 is 14.9 Å². The summed E-state index contributed by atoms with van der Waals surface area (Å²) in [6.07, 6.45) is 5.09. The summed E-state index contributed by atoms with van der Waals surface area (Å²) < 4.78 is 4.73. The minimum Gasteiger partial charge on any atom is -0.429 e. The van der Waals surface area contributed by atoms with Gasteiger partial charge in [-0.25, -0.2) is 4.79 Å². The SMILES string of the molecule is CC1=CC(=O)[C@@H]2C(C)(C)CCC[C@@]2(C)[C@]1(O)CCC1=CC(=O)O[C@@H]1O. The molecule has 1 fully saturated rings. The van der Waals surface area contributed by atoms with Gasteiger partial charge in [0.25, 0.3) is 0 Å². The molecule has 3 aliphatic rings. The molecule has 2 aliphatic carbocycles. The van der Waals surface area contributed by atoms with Crippen molar-refractivity contribution in [1.29, 1.82) is 0 Å². The number of aliphatic hydroxyl groups excluding tert-OH is 1. The van der Waals surface area contributed by atoms with Gasteiger partial charge in [-0.3, -0.25) is 4.79 Å². The van der Waals surface area contributed by atoms with Gasteiger partial charge in [-0.2, -0.15) is 0 Å². The van der Waals surface area contributed by atoms with Crippen LogP contribution in [0.1, 0.15) is 59.8 Å². The fourth-order valence-corrected chi connectivity index (χ4v) is 5.52. The first kappa shape index (κ1) is 18.3. The summed E-state index contributed by atoms with van der Waals surface area (Å²) in [6.45, 7) is 8.05. The van der Waals surface area contributed by atoms with Crippen molar-refractivity contribution in [3.05, 3.63) is 23.3 Å². The smallest absolute Gasteiger partial charge is 0.333 e. The van der Waals surface area contributed by atoms with Crippen molar-refractivity contribution in [1.82, 2.24) is 0 Å². The highest BCUT2D eigenvalue weighted by atomic mass is 16.6. The van der Waals surface area contributed by atoms with Crippen LogP contribution in [0.4, 0.5) is 0 Å². The van der Waals surface area contributed by atoms with Crippen molar-refractivity contribution in [3.63, 3.8) is 0 Å². The van der Waals surface area contributed by atoms with Gasteiger partial charge in [0.15, 0.2) is 5.78 Å². The van der Waals surface area contributed by atoms with Gasteiger partial charge >= 0.3 is 5.97 Å². The third-order valence-corrected chi connectivity index (χ3v) is 6.80. The molecule has 2 N–H and O–H groups in total. The summed E-state index contributed by atoms with van der Waals surface area (Å²) in [7, 11) is 0. The molecule has 0 radical (unpaired) electrons.